The third kappa shape index (κ3) is 4.25. The molecule has 9 heteroatoms. The standard InChI is InChI=1S/C21H25N3O5S/c1-4-12-24(15-6-8-16(9-7-15)29-5-2)30(27,28)17-10-11-18-19(13-17)23-21(26)14(3)20(25)22-18/h6-11,13-14H,4-5,12H2,1-3H3,(H,22,25)(H,23,26). The third-order valence-corrected chi connectivity index (χ3v) is 6.57. The molecule has 0 aromatic heterocycles. The van der Waals surface area contributed by atoms with Crippen molar-refractivity contribution < 1.29 is 22.7 Å². The Bertz CT molecular complexity index is 1050. The van der Waals surface area contributed by atoms with Gasteiger partial charge in [-0.05, 0) is 62.7 Å². The minimum absolute atomic E-state index is 0.0210. The number of anilines is 3. The summed E-state index contributed by atoms with van der Waals surface area (Å²) < 4.78 is 33.6. The molecule has 160 valence electrons. The Kier molecular flexibility index (Phi) is 6.31. The van der Waals surface area contributed by atoms with E-state index in [4.69, 9.17) is 4.74 Å². The van der Waals surface area contributed by atoms with Crippen LogP contribution in [-0.4, -0.2) is 33.4 Å². The van der Waals surface area contributed by atoms with Gasteiger partial charge in [0.05, 0.1) is 28.6 Å². The van der Waals surface area contributed by atoms with E-state index in [1.165, 1.54) is 29.4 Å². The van der Waals surface area contributed by atoms with E-state index in [0.717, 1.165) is 0 Å². The van der Waals surface area contributed by atoms with Gasteiger partial charge in [-0.1, -0.05) is 6.92 Å². The maximum Gasteiger partial charge on any atom is 0.264 e. The van der Waals surface area contributed by atoms with Crippen molar-refractivity contribution in [2.24, 2.45) is 5.92 Å². The molecular weight excluding hydrogens is 406 g/mol. The largest absolute Gasteiger partial charge is 0.494 e. The van der Waals surface area contributed by atoms with Crippen LogP contribution >= 0.6 is 0 Å². The van der Waals surface area contributed by atoms with Crippen molar-refractivity contribution in [1.82, 2.24) is 0 Å². The van der Waals surface area contributed by atoms with Crippen molar-refractivity contribution in [2.45, 2.75) is 32.1 Å². The van der Waals surface area contributed by atoms with E-state index in [2.05, 4.69) is 10.6 Å². The minimum Gasteiger partial charge on any atom is -0.494 e. The molecule has 1 atom stereocenters. The lowest BCUT2D eigenvalue weighted by Crippen LogP contribution is -2.31. The Morgan fingerprint density at radius 2 is 1.60 bits per heavy atom. The fourth-order valence-electron chi connectivity index (χ4n) is 3.09. The number of nitrogens with one attached hydrogen (secondary N) is 2. The second-order valence-electron chi connectivity index (χ2n) is 6.91. The molecule has 2 aromatic rings. The van der Waals surface area contributed by atoms with E-state index in [-0.39, 0.29) is 17.1 Å². The van der Waals surface area contributed by atoms with E-state index < -0.39 is 27.8 Å². The van der Waals surface area contributed by atoms with Crippen LogP contribution in [0.3, 0.4) is 0 Å². The molecule has 0 radical (unpaired) electrons. The van der Waals surface area contributed by atoms with Crippen LogP contribution in [0.15, 0.2) is 47.4 Å². The highest BCUT2D eigenvalue weighted by molar-refractivity contribution is 7.92. The molecule has 0 spiro atoms. The highest BCUT2D eigenvalue weighted by atomic mass is 32.2. The summed E-state index contributed by atoms with van der Waals surface area (Å²) >= 11 is 0. The van der Waals surface area contributed by atoms with Crippen LogP contribution in [0.5, 0.6) is 5.75 Å². The fraction of sp³-hybridized carbons (Fsp3) is 0.333. The van der Waals surface area contributed by atoms with Crippen LogP contribution in [0.2, 0.25) is 0 Å². The highest BCUT2D eigenvalue weighted by Crippen LogP contribution is 2.32. The predicted molar refractivity (Wildman–Crippen MR) is 115 cm³/mol. The molecule has 30 heavy (non-hydrogen) atoms. The molecule has 0 saturated carbocycles. The number of carbonyl (C=O) groups is 2. The number of amides is 2. The molecule has 1 heterocycles. The fourth-order valence-corrected chi connectivity index (χ4v) is 4.67. The van der Waals surface area contributed by atoms with Crippen LogP contribution in [0, 0.1) is 5.92 Å². The molecule has 1 aliphatic heterocycles. The van der Waals surface area contributed by atoms with Crippen molar-refractivity contribution >= 4 is 38.9 Å². The van der Waals surface area contributed by atoms with E-state index in [1.807, 2.05) is 13.8 Å². The second kappa shape index (κ2) is 8.74. The van der Waals surface area contributed by atoms with E-state index in [0.29, 0.717) is 30.2 Å². The van der Waals surface area contributed by atoms with Gasteiger partial charge in [-0.3, -0.25) is 13.9 Å². The number of hydrogen-bond donors (Lipinski definition) is 2. The van der Waals surface area contributed by atoms with Gasteiger partial charge >= 0.3 is 0 Å². The van der Waals surface area contributed by atoms with Gasteiger partial charge < -0.3 is 15.4 Å². The Morgan fingerprint density at radius 1 is 0.967 bits per heavy atom. The zero-order chi connectivity index (χ0) is 21.9. The lowest BCUT2D eigenvalue weighted by molar-refractivity contribution is -0.128. The first-order valence-corrected chi connectivity index (χ1v) is 11.2. The lowest BCUT2D eigenvalue weighted by atomic mass is 10.1. The number of ether oxygens (including phenoxy) is 1. The van der Waals surface area contributed by atoms with Gasteiger partial charge in [0.15, 0.2) is 0 Å². The number of rotatable bonds is 7. The summed E-state index contributed by atoms with van der Waals surface area (Å²) in [6, 6.07) is 11.1. The second-order valence-corrected chi connectivity index (χ2v) is 8.77. The van der Waals surface area contributed by atoms with Gasteiger partial charge in [-0.2, -0.15) is 0 Å². The number of carbonyl (C=O) groups excluding carboxylic acids is 2. The summed E-state index contributed by atoms with van der Waals surface area (Å²) in [4.78, 5) is 24.2. The number of benzene rings is 2. The van der Waals surface area contributed by atoms with Crippen molar-refractivity contribution in [3.05, 3.63) is 42.5 Å². The summed E-state index contributed by atoms with van der Waals surface area (Å²) in [7, 11) is -3.90. The van der Waals surface area contributed by atoms with E-state index in [9.17, 15) is 18.0 Å². The van der Waals surface area contributed by atoms with Gasteiger partial charge in [0.25, 0.3) is 10.0 Å². The highest BCUT2D eigenvalue weighted by Gasteiger charge is 2.29. The maximum absolute atomic E-state index is 13.4. The minimum atomic E-state index is -3.90. The zero-order valence-corrected chi connectivity index (χ0v) is 18.0. The van der Waals surface area contributed by atoms with E-state index in [1.54, 1.807) is 24.3 Å². The third-order valence-electron chi connectivity index (χ3n) is 4.74. The number of nitrogens with zero attached hydrogens (tertiary/aromatic N) is 1. The molecule has 2 aromatic carbocycles. The summed E-state index contributed by atoms with van der Waals surface area (Å²) in [6.07, 6.45) is 0.613. The van der Waals surface area contributed by atoms with Crippen molar-refractivity contribution in [3.8, 4) is 5.75 Å². The van der Waals surface area contributed by atoms with Gasteiger partial charge in [0.1, 0.15) is 11.7 Å². The average Bonchev–Trinajstić information content (AvgIpc) is 2.83. The summed E-state index contributed by atoms with van der Waals surface area (Å²) in [5.41, 5.74) is 1.13. The van der Waals surface area contributed by atoms with Gasteiger partial charge in [0.2, 0.25) is 11.8 Å². The number of fused-ring (bicyclic) bond motifs is 1. The van der Waals surface area contributed by atoms with E-state index >= 15 is 0 Å². The predicted octanol–water partition coefficient (Wildman–Crippen LogP) is 3.22. The van der Waals surface area contributed by atoms with Crippen LogP contribution in [0.1, 0.15) is 27.2 Å². The maximum atomic E-state index is 13.4. The van der Waals surface area contributed by atoms with Gasteiger partial charge in [-0.25, -0.2) is 8.42 Å². The first kappa shape index (κ1) is 21.6. The van der Waals surface area contributed by atoms with Gasteiger partial charge in [-0.15, -0.1) is 0 Å². The molecule has 0 aliphatic carbocycles. The first-order chi connectivity index (χ1) is 14.3. The molecule has 1 aliphatic rings. The normalized spacial score (nSPS) is 16.2. The monoisotopic (exact) mass is 431 g/mol. The van der Waals surface area contributed by atoms with Crippen LogP contribution in [0.25, 0.3) is 0 Å². The first-order valence-electron chi connectivity index (χ1n) is 9.79. The molecule has 0 bridgehead atoms. The van der Waals surface area contributed by atoms with Crippen LogP contribution in [-0.2, 0) is 19.6 Å². The summed E-state index contributed by atoms with van der Waals surface area (Å²) in [6.45, 7) is 6.07. The number of sulfonamides is 1. The summed E-state index contributed by atoms with van der Waals surface area (Å²) in [5, 5.41) is 5.27. The molecule has 3 rings (SSSR count). The molecule has 2 N–H and O–H groups in total. The average molecular weight is 432 g/mol. The SMILES string of the molecule is CCCN(c1ccc(OCC)cc1)S(=O)(=O)c1ccc2c(c1)NC(=O)C(C)C(=O)N2. The smallest absolute Gasteiger partial charge is 0.264 e. The van der Waals surface area contributed by atoms with Crippen LogP contribution < -0.4 is 19.7 Å². The lowest BCUT2D eigenvalue weighted by Gasteiger charge is -2.24. The van der Waals surface area contributed by atoms with Gasteiger partial charge in [0, 0.05) is 6.54 Å². The molecule has 1 unspecified atom stereocenters. The van der Waals surface area contributed by atoms with Crippen molar-refractivity contribution in [2.75, 3.05) is 28.1 Å². The molecular formula is C21H25N3O5S. The summed E-state index contributed by atoms with van der Waals surface area (Å²) in [5.74, 6) is -1.15. The number of hydrogen-bond acceptors (Lipinski definition) is 5. The molecule has 0 saturated heterocycles. The Morgan fingerprint density at radius 3 is 2.20 bits per heavy atom. The topological polar surface area (TPSA) is 105 Å². The Hall–Kier alpha value is -3.07. The zero-order valence-electron chi connectivity index (χ0n) is 17.1. The van der Waals surface area contributed by atoms with Crippen molar-refractivity contribution in [3.63, 3.8) is 0 Å². The molecule has 8 nitrogen and oxygen atoms in total. The van der Waals surface area contributed by atoms with Crippen LogP contribution in [0.4, 0.5) is 17.1 Å². The quantitative estimate of drug-likeness (QED) is 0.655. The van der Waals surface area contributed by atoms with Crippen molar-refractivity contribution in [1.29, 1.82) is 0 Å². The Labute approximate surface area is 176 Å². The Balaban J connectivity index is 1.99. The molecule has 0 fully saturated rings. The molecule has 2 amide bonds.